The van der Waals surface area contributed by atoms with E-state index in [9.17, 15) is 4.79 Å². The van der Waals surface area contributed by atoms with Crippen molar-refractivity contribution in [2.75, 3.05) is 5.32 Å². The number of nitrogens with zero attached hydrogens (tertiary/aromatic N) is 1. The van der Waals surface area contributed by atoms with Crippen LogP contribution in [0.25, 0.3) is 10.9 Å². The number of hydrogen-bond acceptors (Lipinski definition) is 4. The van der Waals surface area contributed by atoms with Gasteiger partial charge in [0.05, 0.1) is 10.9 Å². The molecule has 0 saturated carbocycles. The fourth-order valence-electron chi connectivity index (χ4n) is 1.74. The van der Waals surface area contributed by atoms with Gasteiger partial charge in [-0.05, 0) is 30.3 Å². The minimum absolute atomic E-state index is 0.158. The van der Waals surface area contributed by atoms with Gasteiger partial charge in [0, 0.05) is 10.7 Å². The summed E-state index contributed by atoms with van der Waals surface area (Å²) in [7, 11) is 0. The van der Waals surface area contributed by atoms with E-state index in [1.807, 2.05) is 30.3 Å². The number of anilines is 2. The SMILES string of the molecule is O=c1oc(Nc2ccccc2)nc2ccc(Cl)cc12. The normalized spacial score (nSPS) is 10.6. The molecule has 19 heavy (non-hydrogen) atoms. The molecule has 0 spiro atoms. The zero-order valence-corrected chi connectivity index (χ0v) is 10.5. The van der Waals surface area contributed by atoms with Crippen LogP contribution in [0.2, 0.25) is 5.02 Å². The molecule has 2 aromatic carbocycles. The molecule has 0 aliphatic rings. The van der Waals surface area contributed by atoms with Crippen LogP contribution in [0.3, 0.4) is 0 Å². The smallest absolute Gasteiger partial charge is 0.348 e. The molecule has 0 aliphatic heterocycles. The summed E-state index contributed by atoms with van der Waals surface area (Å²) in [4.78, 5) is 16.1. The van der Waals surface area contributed by atoms with Crippen LogP contribution in [0.5, 0.6) is 0 Å². The van der Waals surface area contributed by atoms with Gasteiger partial charge in [0.2, 0.25) is 0 Å². The van der Waals surface area contributed by atoms with Crippen molar-refractivity contribution >= 4 is 34.2 Å². The minimum Gasteiger partial charge on any atom is -0.388 e. The molecule has 5 heteroatoms. The highest BCUT2D eigenvalue weighted by Gasteiger charge is 2.06. The van der Waals surface area contributed by atoms with Gasteiger partial charge in [-0.3, -0.25) is 0 Å². The fraction of sp³-hybridized carbons (Fsp3) is 0. The maximum atomic E-state index is 11.8. The molecule has 1 aromatic heterocycles. The van der Waals surface area contributed by atoms with Crippen molar-refractivity contribution in [1.29, 1.82) is 0 Å². The Morgan fingerprint density at radius 1 is 1.11 bits per heavy atom. The molecule has 1 heterocycles. The Morgan fingerprint density at radius 3 is 2.68 bits per heavy atom. The first-order valence-electron chi connectivity index (χ1n) is 5.65. The van der Waals surface area contributed by atoms with Crippen LogP contribution < -0.4 is 10.9 Å². The Bertz CT molecular complexity index is 784. The zero-order chi connectivity index (χ0) is 13.2. The molecule has 0 bridgehead atoms. The quantitative estimate of drug-likeness (QED) is 0.775. The lowest BCUT2D eigenvalue weighted by Gasteiger charge is -2.04. The molecule has 0 saturated heterocycles. The van der Waals surface area contributed by atoms with Crippen molar-refractivity contribution in [2.45, 2.75) is 0 Å². The molecule has 1 N–H and O–H groups in total. The van der Waals surface area contributed by atoms with E-state index in [0.29, 0.717) is 15.9 Å². The van der Waals surface area contributed by atoms with E-state index >= 15 is 0 Å². The van der Waals surface area contributed by atoms with Crippen LogP contribution in [-0.2, 0) is 0 Å². The summed E-state index contributed by atoms with van der Waals surface area (Å²) in [6.07, 6.45) is 0. The molecule has 0 radical (unpaired) electrons. The van der Waals surface area contributed by atoms with Gasteiger partial charge in [-0.25, -0.2) is 4.79 Å². The fourth-order valence-corrected chi connectivity index (χ4v) is 1.91. The number of nitrogens with one attached hydrogen (secondary N) is 1. The topological polar surface area (TPSA) is 55.1 Å². The number of aromatic nitrogens is 1. The highest BCUT2D eigenvalue weighted by atomic mass is 35.5. The third-order valence-corrected chi connectivity index (χ3v) is 2.85. The number of halogens is 1. The molecular formula is C14H9ClN2O2. The van der Waals surface area contributed by atoms with Gasteiger partial charge < -0.3 is 9.73 Å². The second-order valence-electron chi connectivity index (χ2n) is 3.96. The molecule has 3 aromatic rings. The summed E-state index contributed by atoms with van der Waals surface area (Å²) in [6.45, 7) is 0. The number of fused-ring (bicyclic) bond motifs is 1. The van der Waals surface area contributed by atoms with Crippen LogP contribution >= 0.6 is 11.6 Å². The van der Waals surface area contributed by atoms with Gasteiger partial charge in [-0.1, -0.05) is 29.8 Å². The first-order chi connectivity index (χ1) is 9.22. The maximum Gasteiger partial charge on any atom is 0.348 e. The molecule has 0 unspecified atom stereocenters. The van der Waals surface area contributed by atoms with Gasteiger partial charge >= 0.3 is 11.6 Å². The van der Waals surface area contributed by atoms with Crippen molar-refractivity contribution < 1.29 is 4.42 Å². The Hall–Kier alpha value is -2.33. The largest absolute Gasteiger partial charge is 0.388 e. The van der Waals surface area contributed by atoms with Gasteiger partial charge in [0.15, 0.2) is 0 Å². The molecule has 0 amide bonds. The lowest BCUT2D eigenvalue weighted by molar-refractivity contribution is 0.522. The summed E-state index contributed by atoms with van der Waals surface area (Å²) in [5.41, 5.74) is 0.872. The van der Waals surface area contributed by atoms with Crippen molar-refractivity contribution in [3.05, 3.63) is 64.0 Å². The monoisotopic (exact) mass is 272 g/mol. The van der Waals surface area contributed by atoms with Crippen LogP contribution in [-0.4, -0.2) is 4.98 Å². The Balaban J connectivity index is 2.07. The average Bonchev–Trinajstić information content (AvgIpc) is 2.41. The van der Waals surface area contributed by atoms with Crippen molar-refractivity contribution in [2.24, 2.45) is 0 Å². The highest BCUT2D eigenvalue weighted by Crippen LogP contribution is 2.18. The first-order valence-corrected chi connectivity index (χ1v) is 6.03. The Morgan fingerprint density at radius 2 is 1.89 bits per heavy atom. The number of para-hydroxylation sites is 1. The van der Waals surface area contributed by atoms with E-state index in [0.717, 1.165) is 5.69 Å². The number of rotatable bonds is 2. The third kappa shape index (κ3) is 2.44. The molecule has 3 rings (SSSR count). The van der Waals surface area contributed by atoms with Gasteiger partial charge in [0.1, 0.15) is 0 Å². The molecular weight excluding hydrogens is 264 g/mol. The number of hydrogen-bond donors (Lipinski definition) is 1. The van der Waals surface area contributed by atoms with E-state index in [1.54, 1.807) is 18.2 Å². The van der Waals surface area contributed by atoms with Crippen molar-refractivity contribution in [1.82, 2.24) is 4.98 Å². The second-order valence-corrected chi connectivity index (χ2v) is 4.40. The summed E-state index contributed by atoms with van der Waals surface area (Å²) in [6, 6.07) is 14.4. The average molecular weight is 273 g/mol. The Labute approximate surface area is 113 Å². The lowest BCUT2D eigenvalue weighted by atomic mass is 10.2. The highest BCUT2D eigenvalue weighted by molar-refractivity contribution is 6.31. The predicted molar refractivity (Wildman–Crippen MR) is 75.0 cm³/mol. The van der Waals surface area contributed by atoms with E-state index in [2.05, 4.69) is 10.3 Å². The van der Waals surface area contributed by atoms with E-state index in [1.165, 1.54) is 0 Å². The lowest BCUT2D eigenvalue weighted by Crippen LogP contribution is -2.05. The van der Waals surface area contributed by atoms with Gasteiger partial charge in [-0.15, -0.1) is 0 Å². The van der Waals surface area contributed by atoms with Crippen LogP contribution in [0.1, 0.15) is 0 Å². The van der Waals surface area contributed by atoms with E-state index < -0.39 is 5.63 Å². The minimum atomic E-state index is -0.467. The second kappa shape index (κ2) is 4.74. The van der Waals surface area contributed by atoms with Crippen LogP contribution in [0.15, 0.2) is 57.7 Å². The molecule has 0 atom stereocenters. The first kappa shape index (κ1) is 11.7. The van der Waals surface area contributed by atoms with Crippen LogP contribution in [0, 0.1) is 0 Å². The number of benzene rings is 2. The van der Waals surface area contributed by atoms with Gasteiger partial charge in [0.25, 0.3) is 0 Å². The summed E-state index contributed by atoms with van der Waals surface area (Å²) in [5, 5.41) is 3.78. The molecule has 0 aliphatic carbocycles. The van der Waals surface area contributed by atoms with Crippen molar-refractivity contribution in [3.8, 4) is 0 Å². The summed E-state index contributed by atoms with van der Waals surface area (Å²) < 4.78 is 5.11. The third-order valence-electron chi connectivity index (χ3n) is 2.61. The van der Waals surface area contributed by atoms with E-state index in [4.69, 9.17) is 16.0 Å². The maximum absolute atomic E-state index is 11.8. The predicted octanol–water partition coefficient (Wildman–Crippen LogP) is 3.59. The standard InChI is InChI=1S/C14H9ClN2O2/c15-9-6-7-12-11(8-9)13(18)19-14(17-12)16-10-4-2-1-3-5-10/h1-8H,(H,16,17). The van der Waals surface area contributed by atoms with Crippen LogP contribution in [0.4, 0.5) is 11.7 Å². The molecule has 94 valence electrons. The molecule has 4 nitrogen and oxygen atoms in total. The van der Waals surface area contributed by atoms with Gasteiger partial charge in [-0.2, -0.15) is 4.98 Å². The van der Waals surface area contributed by atoms with E-state index in [-0.39, 0.29) is 6.01 Å². The van der Waals surface area contributed by atoms with Crippen molar-refractivity contribution in [3.63, 3.8) is 0 Å². The Kier molecular flexibility index (Phi) is 2.93. The molecule has 0 fully saturated rings. The summed E-state index contributed by atoms with van der Waals surface area (Å²) >= 11 is 5.84. The summed E-state index contributed by atoms with van der Waals surface area (Å²) in [5.74, 6) is 0. The zero-order valence-electron chi connectivity index (χ0n) is 9.76.